The number of hydrogen-bond acceptors (Lipinski definition) is 2. The van der Waals surface area contributed by atoms with Crippen LogP contribution in [0.5, 0.6) is 0 Å². The van der Waals surface area contributed by atoms with Crippen molar-refractivity contribution in [3.05, 3.63) is 0 Å². The van der Waals surface area contributed by atoms with Crippen LogP contribution >= 0.6 is 12.6 Å². The molecule has 0 aromatic heterocycles. The molecule has 1 heterocycles. The molecule has 0 N–H and O–H groups in total. The molecular formula is C9H15NOS. The lowest BCUT2D eigenvalue weighted by atomic mass is 10.1. The number of nitrogens with zero attached hydrogens (tertiary/aromatic N) is 1. The summed E-state index contributed by atoms with van der Waals surface area (Å²) >= 11 is 4.33. The Morgan fingerprint density at radius 1 is 1.50 bits per heavy atom. The minimum atomic E-state index is 0.350. The lowest BCUT2D eigenvalue weighted by Crippen LogP contribution is -2.32. The van der Waals surface area contributed by atoms with Gasteiger partial charge in [0.05, 0.1) is 0 Å². The van der Waals surface area contributed by atoms with Crippen molar-refractivity contribution in [1.82, 2.24) is 4.90 Å². The van der Waals surface area contributed by atoms with Crippen molar-refractivity contribution in [3.8, 4) is 0 Å². The Labute approximate surface area is 78.7 Å². The molecule has 1 saturated carbocycles. The average molecular weight is 185 g/mol. The third-order valence-corrected chi connectivity index (χ3v) is 3.66. The molecule has 1 aliphatic heterocycles. The second kappa shape index (κ2) is 2.95. The molecule has 2 fully saturated rings. The van der Waals surface area contributed by atoms with E-state index < -0.39 is 0 Å². The maximum absolute atomic E-state index is 11.3. The first-order chi connectivity index (χ1) is 5.76. The predicted molar refractivity (Wildman–Crippen MR) is 51.3 cm³/mol. The van der Waals surface area contributed by atoms with Gasteiger partial charge in [0.1, 0.15) is 0 Å². The van der Waals surface area contributed by atoms with Crippen LogP contribution in [-0.4, -0.2) is 29.6 Å². The number of carbonyl (C=O) groups is 1. The molecule has 12 heavy (non-hydrogen) atoms. The van der Waals surface area contributed by atoms with E-state index in [1.807, 2.05) is 4.90 Å². The summed E-state index contributed by atoms with van der Waals surface area (Å²) in [6.07, 6.45) is 4.35. The highest BCUT2D eigenvalue weighted by molar-refractivity contribution is 7.80. The Balaban J connectivity index is 1.90. The van der Waals surface area contributed by atoms with Crippen molar-refractivity contribution in [2.75, 3.05) is 18.8 Å². The maximum atomic E-state index is 11.3. The van der Waals surface area contributed by atoms with E-state index in [9.17, 15) is 4.79 Å². The summed E-state index contributed by atoms with van der Waals surface area (Å²) in [5.74, 6) is 1.29. The summed E-state index contributed by atoms with van der Waals surface area (Å²) in [5.41, 5.74) is 0.406. The van der Waals surface area contributed by atoms with Crippen LogP contribution in [0.15, 0.2) is 0 Å². The van der Waals surface area contributed by atoms with E-state index >= 15 is 0 Å². The normalized spacial score (nSPS) is 26.4. The van der Waals surface area contributed by atoms with Gasteiger partial charge in [-0.2, -0.15) is 12.6 Å². The van der Waals surface area contributed by atoms with Crippen LogP contribution in [0.4, 0.5) is 0 Å². The number of amides is 1. The van der Waals surface area contributed by atoms with Gasteiger partial charge in [-0.05, 0) is 30.4 Å². The number of thiol groups is 1. The monoisotopic (exact) mass is 185 g/mol. The topological polar surface area (TPSA) is 20.3 Å². The van der Waals surface area contributed by atoms with Crippen molar-refractivity contribution in [2.45, 2.75) is 25.7 Å². The predicted octanol–water partition coefficient (Wildman–Crippen LogP) is 1.32. The Kier molecular flexibility index (Phi) is 2.07. The molecule has 0 radical (unpaired) electrons. The molecular weight excluding hydrogens is 170 g/mol. The van der Waals surface area contributed by atoms with Gasteiger partial charge >= 0.3 is 0 Å². The van der Waals surface area contributed by atoms with Crippen molar-refractivity contribution < 1.29 is 4.79 Å². The first kappa shape index (κ1) is 8.42. The molecule has 1 amide bonds. The summed E-state index contributed by atoms with van der Waals surface area (Å²) in [6.45, 7) is 1.95. The van der Waals surface area contributed by atoms with Crippen molar-refractivity contribution in [3.63, 3.8) is 0 Å². The fourth-order valence-corrected chi connectivity index (χ4v) is 2.24. The van der Waals surface area contributed by atoms with Crippen LogP contribution in [-0.2, 0) is 4.79 Å². The largest absolute Gasteiger partial charge is 0.342 e. The number of rotatable bonds is 3. The maximum Gasteiger partial charge on any atom is 0.222 e. The molecule has 3 heteroatoms. The summed E-state index contributed by atoms with van der Waals surface area (Å²) in [4.78, 5) is 13.3. The molecule has 0 unspecified atom stereocenters. The van der Waals surface area contributed by atoms with Gasteiger partial charge in [0.2, 0.25) is 5.91 Å². The average Bonchev–Trinajstić information content (AvgIpc) is 2.74. The molecule has 0 spiro atoms. The fraction of sp³-hybridized carbons (Fsp3) is 0.889. The Morgan fingerprint density at radius 3 is 2.67 bits per heavy atom. The number of hydrogen-bond donors (Lipinski definition) is 1. The number of likely N-dealkylation sites (tertiary alicyclic amines) is 1. The molecule has 2 nitrogen and oxygen atoms in total. The Bertz CT molecular complexity index is 201. The van der Waals surface area contributed by atoms with Crippen molar-refractivity contribution >= 4 is 18.5 Å². The first-order valence-electron chi connectivity index (χ1n) is 4.64. The quantitative estimate of drug-likeness (QED) is 0.657. The van der Waals surface area contributed by atoms with Gasteiger partial charge in [-0.1, -0.05) is 0 Å². The molecule has 2 aliphatic rings. The summed E-state index contributed by atoms with van der Waals surface area (Å²) in [6, 6.07) is 0. The molecule has 68 valence electrons. The van der Waals surface area contributed by atoms with E-state index in [4.69, 9.17) is 0 Å². The van der Waals surface area contributed by atoms with Crippen molar-refractivity contribution in [2.24, 2.45) is 5.41 Å². The van der Waals surface area contributed by atoms with Crippen molar-refractivity contribution in [1.29, 1.82) is 0 Å². The molecule has 0 bridgehead atoms. The van der Waals surface area contributed by atoms with Crippen LogP contribution < -0.4 is 0 Å². The van der Waals surface area contributed by atoms with Crippen LogP contribution in [0.2, 0.25) is 0 Å². The van der Waals surface area contributed by atoms with E-state index in [0.29, 0.717) is 11.3 Å². The highest BCUT2D eigenvalue weighted by Gasteiger charge is 2.43. The van der Waals surface area contributed by atoms with Crippen LogP contribution in [0.1, 0.15) is 25.7 Å². The first-order valence-corrected chi connectivity index (χ1v) is 5.28. The molecule has 2 rings (SSSR count). The Morgan fingerprint density at radius 2 is 2.25 bits per heavy atom. The second-order valence-electron chi connectivity index (χ2n) is 4.08. The van der Waals surface area contributed by atoms with Gasteiger partial charge in [0.15, 0.2) is 0 Å². The summed E-state index contributed by atoms with van der Waals surface area (Å²) < 4.78 is 0. The third kappa shape index (κ3) is 1.47. The fourth-order valence-electron chi connectivity index (χ4n) is 1.82. The van der Waals surface area contributed by atoms with Gasteiger partial charge in [-0.3, -0.25) is 4.79 Å². The molecule has 0 aromatic rings. The lowest BCUT2D eigenvalue weighted by Gasteiger charge is -2.21. The molecule has 0 atom stereocenters. The van der Waals surface area contributed by atoms with E-state index in [1.54, 1.807) is 0 Å². The Hall–Kier alpha value is -0.180. The van der Waals surface area contributed by atoms with Crippen LogP contribution in [0.25, 0.3) is 0 Å². The molecule has 1 saturated heterocycles. The summed E-state index contributed by atoms with van der Waals surface area (Å²) in [7, 11) is 0. The zero-order valence-corrected chi connectivity index (χ0v) is 8.15. The van der Waals surface area contributed by atoms with Crippen LogP contribution in [0.3, 0.4) is 0 Å². The standard InChI is InChI=1S/C9H15NOS/c11-8-2-1-5-10(8)6-9(7-12)3-4-9/h12H,1-7H2. The number of carbonyl (C=O) groups excluding carboxylic acids is 1. The van der Waals surface area contributed by atoms with Gasteiger partial charge in [0.25, 0.3) is 0 Å². The van der Waals surface area contributed by atoms with Gasteiger partial charge in [0, 0.05) is 19.5 Å². The van der Waals surface area contributed by atoms with Gasteiger partial charge < -0.3 is 4.90 Å². The van der Waals surface area contributed by atoms with E-state index in [0.717, 1.165) is 31.7 Å². The SMILES string of the molecule is O=C1CCCN1CC1(CS)CC1. The highest BCUT2D eigenvalue weighted by atomic mass is 32.1. The highest BCUT2D eigenvalue weighted by Crippen LogP contribution is 2.47. The van der Waals surface area contributed by atoms with Gasteiger partial charge in [-0.15, -0.1) is 0 Å². The molecule has 1 aliphatic carbocycles. The van der Waals surface area contributed by atoms with E-state index in [-0.39, 0.29) is 0 Å². The van der Waals surface area contributed by atoms with E-state index in [1.165, 1.54) is 12.8 Å². The minimum Gasteiger partial charge on any atom is -0.342 e. The van der Waals surface area contributed by atoms with Gasteiger partial charge in [-0.25, -0.2) is 0 Å². The lowest BCUT2D eigenvalue weighted by molar-refractivity contribution is -0.128. The second-order valence-corrected chi connectivity index (χ2v) is 4.39. The van der Waals surface area contributed by atoms with E-state index in [2.05, 4.69) is 12.6 Å². The smallest absolute Gasteiger partial charge is 0.222 e. The third-order valence-electron chi connectivity index (χ3n) is 2.99. The zero-order chi connectivity index (χ0) is 8.60. The zero-order valence-electron chi connectivity index (χ0n) is 7.25. The van der Waals surface area contributed by atoms with Crippen LogP contribution in [0, 0.1) is 5.41 Å². The minimum absolute atomic E-state index is 0.350. The summed E-state index contributed by atoms with van der Waals surface area (Å²) in [5, 5.41) is 0. The molecule has 0 aromatic carbocycles.